The smallest absolute Gasteiger partial charge is 0.407 e. The number of carbonyl (C=O) groups excluding carboxylic acids is 3. The van der Waals surface area contributed by atoms with Crippen LogP contribution in [0.1, 0.15) is 20.3 Å². The van der Waals surface area contributed by atoms with Gasteiger partial charge in [-0.15, -0.1) is 0 Å². The Hall–Kier alpha value is -1.89. The molecule has 122 valence electrons. The fourth-order valence-electron chi connectivity index (χ4n) is 2.90. The highest BCUT2D eigenvalue weighted by atomic mass is 16.5. The lowest BCUT2D eigenvalue weighted by Gasteiger charge is -2.22. The Morgan fingerprint density at radius 1 is 1.09 bits per heavy atom. The maximum atomic E-state index is 12.3. The number of nitrogens with one attached hydrogen (secondary N) is 2. The molecule has 4 atom stereocenters. The molecule has 2 N–H and O–H groups in total. The molecule has 2 aliphatic rings. The number of rotatable bonds is 7. The largest absolute Gasteiger partial charge is 0.450 e. The SMILES string of the molecule is CCOC(=O)NCCCNC(=O)[C@H]1C2C=CC(O2)[C@H]1C(C)=O. The average Bonchev–Trinajstić information content (AvgIpc) is 3.07. The molecular formula is C15H22N2O5. The van der Waals surface area contributed by atoms with E-state index in [4.69, 9.17) is 9.47 Å². The zero-order valence-electron chi connectivity index (χ0n) is 12.8. The van der Waals surface area contributed by atoms with Crippen molar-refractivity contribution in [1.29, 1.82) is 0 Å². The van der Waals surface area contributed by atoms with Crippen molar-refractivity contribution in [3.63, 3.8) is 0 Å². The van der Waals surface area contributed by atoms with E-state index in [0.717, 1.165) is 0 Å². The van der Waals surface area contributed by atoms with Crippen LogP contribution in [0, 0.1) is 11.8 Å². The second-order valence-corrected chi connectivity index (χ2v) is 5.40. The van der Waals surface area contributed by atoms with Crippen LogP contribution in [0.5, 0.6) is 0 Å². The Balaban J connectivity index is 1.72. The summed E-state index contributed by atoms with van der Waals surface area (Å²) >= 11 is 0. The van der Waals surface area contributed by atoms with Crippen molar-refractivity contribution in [2.75, 3.05) is 19.7 Å². The molecule has 0 spiro atoms. The predicted molar refractivity (Wildman–Crippen MR) is 78.1 cm³/mol. The maximum Gasteiger partial charge on any atom is 0.407 e. The van der Waals surface area contributed by atoms with E-state index >= 15 is 0 Å². The normalized spacial score (nSPS) is 28.5. The van der Waals surface area contributed by atoms with Crippen LogP contribution in [0.4, 0.5) is 4.79 Å². The van der Waals surface area contributed by atoms with E-state index in [-0.39, 0.29) is 23.9 Å². The number of alkyl carbamates (subject to hydrolysis) is 1. The molecule has 2 heterocycles. The second-order valence-electron chi connectivity index (χ2n) is 5.40. The number of Topliss-reactive ketones (excluding diaryl/α,β-unsaturated/α-hetero) is 1. The summed E-state index contributed by atoms with van der Waals surface area (Å²) < 4.78 is 10.3. The van der Waals surface area contributed by atoms with Crippen LogP contribution >= 0.6 is 0 Å². The molecule has 0 aromatic rings. The number of hydrogen-bond donors (Lipinski definition) is 2. The van der Waals surface area contributed by atoms with E-state index in [1.165, 1.54) is 6.92 Å². The molecule has 2 aliphatic heterocycles. The minimum Gasteiger partial charge on any atom is -0.450 e. The lowest BCUT2D eigenvalue weighted by molar-refractivity contribution is -0.132. The van der Waals surface area contributed by atoms with Gasteiger partial charge in [-0.1, -0.05) is 12.2 Å². The van der Waals surface area contributed by atoms with Crippen molar-refractivity contribution in [2.24, 2.45) is 11.8 Å². The van der Waals surface area contributed by atoms with Gasteiger partial charge in [-0.3, -0.25) is 9.59 Å². The van der Waals surface area contributed by atoms with E-state index in [9.17, 15) is 14.4 Å². The molecule has 7 heteroatoms. The third-order valence-corrected chi connectivity index (χ3v) is 3.87. The molecule has 22 heavy (non-hydrogen) atoms. The molecule has 2 amide bonds. The summed E-state index contributed by atoms with van der Waals surface area (Å²) in [4.78, 5) is 35.0. The summed E-state index contributed by atoms with van der Waals surface area (Å²) in [5.41, 5.74) is 0. The van der Waals surface area contributed by atoms with Crippen molar-refractivity contribution < 1.29 is 23.9 Å². The maximum absolute atomic E-state index is 12.3. The Kier molecular flexibility index (Phi) is 5.54. The van der Waals surface area contributed by atoms with E-state index < -0.39 is 17.9 Å². The molecule has 1 fully saturated rings. The van der Waals surface area contributed by atoms with Crippen LogP contribution in [0.3, 0.4) is 0 Å². The minimum atomic E-state index is -0.461. The standard InChI is InChI=1S/C15H22N2O5/c1-3-21-15(20)17-8-4-7-16-14(19)13-11-6-5-10(22-11)12(13)9(2)18/h5-6,10-13H,3-4,7-8H2,1-2H3,(H,16,19)(H,17,20)/t10?,11?,12-,13+/m1/s1. The second kappa shape index (κ2) is 7.40. The number of fused-ring (bicyclic) bond motifs is 2. The van der Waals surface area contributed by atoms with Crippen molar-refractivity contribution in [2.45, 2.75) is 32.5 Å². The summed E-state index contributed by atoms with van der Waals surface area (Å²) in [7, 11) is 0. The fourth-order valence-corrected chi connectivity index (χ4v) is 2.90. The first-order valence-electron chi connectivity index (χ1n) is 7.57. The van der Waals surface area contributed by atoms with E-state index in [1.807, 2.05) is 12.2 Å². The first-order valence-corrected chi connectivity index (χ1v) is 7.57. The van der Waals surface area contributed by atoms with Gasteiger partial charge < -0.3 is 20.1 Å². The summed E-state index contributed by atoms with van der Waals surface area (Å²) in [5.74, 6) is -1.05. The Bertz CT molecular complexity index is 477. The van der Waals surface area contributed by atoms with Gasteiger partial charge in [0.15, 0.2) is 0 Å². The van der Waals surface area contributed by atoms with Gasteiger partial charge in [0.1, 0.15) is 5.78 Å². The highest BCUT2D eigenvalue weighted by Gasteiger charge is 2.51. The number of hydrogen-bond acceptors (Lipinski definition) is 5. The quantitative estimate of drug-likeness (QED) is 0.524. The Morgan fingerprint density at radius 2 is 1.73 bits per heavy atom. The molecule has 2 bridgehead atoms. The number of amides is 2. The van der Waals surface area contributed by atoms with Gasteiger partial charge in [0.05, 0.1) is 30.7 Å². The fraction of sp³-hybridized carbons (Fsp3) is 0.667. The number of ketones is 1. The average molecular weight is 310 g/mol. The first kappa shape index (κ1) is 16.5. The minimum absolute atomic E-state index is 0.0269. The van der Waals surface area contributed by atoms with E-state index in [2.05, 4.69) is 10.6 Å². The zero-order valence-corrected chi connectivity index (χ0v) is 12.8. The van der Waals surface area contributed by atoms with E-state index in [1.54, 1.807) is 6.92 Å². The van der Waals surface area contributed by atoms with Crippen LogP contribution in [0.15, 0.2) is 12.2 Å². The van der Waals surface area contributed by atoms with Crippen molar-refractivity contribution in [3.8, 4) is 0 Å². The lowest BCUT2D eigenvalue weighted by Crippen LogP contribution is -2.42. The Labute approximate surface area is 129 Å². The van der Waals surface area contributed by atoms with Crippen LogP contribution in [-0.4, -0.2) is 49.7 Å². The molecular weight excluding hydrogens is 288 g/mol. The van der Waals surface area contributed by atoms with Gasteiger partial charge in [0.2, 0.25) is 5.91 Å². The molecule has 0 radical (unpaired) electrons. The van der Waals surface area contributed by atoms with Crippen molar-refractivity contribution >= 4 is 17.8 Å². The van der Waals surface area contributed by atoms with Gasteiger partial charge in [-0.05, 0) is 20.3 Å². The molecule has 7 nitrogen and oxygen atoms in total. The van der Waals surface area contributed by atoms with Crippen LogP contribution in [0.25, 0.3) is 0 Å². The third kappa shape index (κ3) is 3.65. The van der Waals surface area contributed by atoms with Crippen LogP contribution in [-0.2, 0) is 19.1 Å². The molecule has 0 aromatic heterocycles. The lowest BCUT2D eigenvalue weighted by atomic mass is 9.80. The molecule has 0 saturated carbocycles. The molecule has 0 aliphatic carbocycles. The summed E-state index contributed by atoms with van der Waals surface area (Å²) in [6, 6.07) is 0. The number of carbonyl (C=O) groups is 3. The third-order valence-electron chi connectivity index (χ3n) is 3.87. The van der Waals surface area contributed by atoms with Gasteiger partial charge in [-0.2, -0.15) is 0 Å². The summed E-state index contributed by atoms with van der Waals surface area (Å²) in [6.07, 6.45) is 3.24. The summed E-state index contributed by atoms with van der Waals surface area (Å²) in [6.45, 7) is 4.39. The molecule has 0 aromatic carbocycles. The first-order chi connectivity index (χ1) is 10.5. The van der Waals surface area contributed by atoms with Gasteiger partial charge in [-0.25, -0.2) is 4.79 Å². The monoisotopic (exact) mass is 310 g/mol. The van der Waals surface area contributed by atoms with Gasteiger partial charge >= 0.3 is 6.09 Å². The highest BCUT2D eigenvalue weighted by molar-refractivity contribution is 5.90. The highest BCUT2D eigenvalue weighted by Crippen LogP contribution is 2.39. The molecule has 1 saturated heterocycles. The summed E-state index contributed by atoms with van der Waals surface area (Å²) in [5, 5.41) is 5.38. The predicted octanol–water partition coefficient (Wildman–Crippen LogP) is 0.397. The van der Waals surface area contributed by atoms with Gasteiger partial charge in [0, 0.05) is 13.1 Å². The van der Waals surface area contributed by atoms with Crippen LogP contribution in [0.2, 0.25) is 0 Å². The molecule has 2 rings (SSSR count). The Morgan fingerprint density at radius 3 is 2.36 bits per heavy atom. The van der Waals surface area contributed by atoms with Crippen molar-refractivity contribution in [1.82, 2.24) is 10.6 Å². The zero-order chi connectivity index (χ0) is 16.1. The number of ether oxygens (including phenoxy) is 2. The van der Waals surface area contributed by atoms with Crippen LogP contribution < -0.4 is 10.6 Å². The topological polar surface area (TPSA) is 93.7 Å². The van der Waals surface area contributed by atoms with Crippen molar-refractivity contribution in [3.05, 3.63) is 12.2 Å². The van der Waals surface area contributed by atoms with Gasteiger partial charge in [0.25, 0.3) is 0 Å². The van der Waals surface area contributed by atoms with E-state index in [0.29, 0.717) is 26.1 Å². The molecule has 2 unspecified atom stereocenters.